The van der Waals surface area contributed by atoms with Crippen LogP contribution < -0.4 is 10.2 Å². The Labute approximate surface area is 125 Å². The van der Waals surface area contributed by atoms with Gasteiger partial charge in [-0.05, 0) is 43.0 Å². The van der Waals surface area contributed by atoms with Crippen LogP contribution in [0.2, 0.25) is 0 Å². The second-order valence-electron chi connectivity index (χ2n) is 6.05. The fourth-order valence-corrected chi connectivity index (χ4v) is 3.37. The highest BCUT2D eigenvalue weighted by Gasteiger charge is 2.23. The minimum atomic E-state index is 0.0655. The van der Waals surface area contributed by atoms with E-state index in [-0.39, 0.29) is 11.7 Å². The lowest BCUT2D eigenvalue weighted by molar-refractivity contribution is -0.116. The zero-order valence-corrected chi connectivity index (χ0v) is 12.5. The van der Waals surface area contributed by atoms with Crippen LogP contribution in [0.1, 0.15) is 48.5 Å². The van der Waals surface area contributed by atoms with Crippen molar-refractivity contribution in [1.82, 2.24) is 5.32 Å². The van der Waals surface area contributed by atoms with Gasteiger partial charge >= 0.3 is 0 Å². The van der Waals surface area contributed by atoms with Crippen LogP contribution in [0.15, 0.2) is 18.2 Å². The number of benzene rings is 1. The molecule has 2 aliphatic rings. The van der Waals surface area contributed by atoms with Crippen molar-refractivity contribution in [2.24, 2.45) is 0 Å². The van der Waals surface area contributed by atoms with Gasteiger partial charge in [0.15, 0.2) is 5.78 Å². The molecule has 21 heavy (non-hydrogen) atoms. The molecule has 0 spiro atoms. The summed E-state index contributed by atoms with van der Waals surface area (Å²) >= 11 is 0. The van der Waals surface area contributed by atoms with Crippen LogP contribution in [0.3, 0.4) is 0 Å². The van der Waals surface area contributed by atoms with Gasteiger partial charge in [-0.25, -0.2) is 0 Å². The average molecular weight is 286 g/mol. The molecular weight excluding hydrogens is 264 g/mol. The van der Waals surface area contributed by atoms with E-state index < -0.39 is 0 Å². The molecule has 1 fully saturated rings. The predicted octanol–water partition coefficient (Wildman–Crippen LogP) is 2.31. The Morgan fingerprint density at radius 1 is 1.29 bits per heavy atom. The minimum Gasteiger partial charge on any atom is -0.312 e. The highest BCUT2D eigenvalue weighted by molar-refractivity contribution is 6.00. The summed E-state index contributed by atoms with van der Waals surface area (Å²) in [5.41, 5.74) is 2.82. The zero-order valence-electron chi connectivity index (χ0n) is 12.5. The summed E-state index contributed by atoms with van der Waals surface area (Å²) in [4.78, 5) is 25.6. The number of Topliss-reactive ketones (excluding diaryl/α,β-unsaturated/α-hetero) is 1. The molecule has 0 radical (unpaired) electrons. The first-order valence-corrected chi connectivity index (χ1v) is 7.83. The van der Waals surface area contributed by atoms with Gasteiger partial charge in [-0.1, -0.05) is 12.8 Å². The third kappa shape index (κ3) is 3.00. The topological polar surface area (TPSA) is 49.4 Å². The summed E-state index contributed by atoms with van der Waals surface area (Å²) < 4.78 is 0. The van der Waals surface area contributed by atoms with Gasteiger partial charge in [-0.3, -0.25) is 9.59 Å². The molecule has 1 heterocycles. The van der Waals surface area contributed by atoms with Gasteiger partial charge in [-0.15, -0.1) is 0 Å². The molecule has 4 heteroatoms. The van der Waals surface area contributed by atoms with Crippen LogP contribution in [0, 0.1) is 0 Å². The third-order valence-corrected chi connectivity index (χ3v) is 4.58. The maximum absolute atomic E-state index is 12.3. The van der Waals surface area contributed by atoms with E-state index in [1.165, 1.54) is 25.7 Å². The molecule has 3 rings (SSSR count). The number of hydrogen-bond acceptors (Lipinski definition) is 3. The van der Waals surface area contributed by atoms with E-state index in [0.717, 1.165) is 29.8 Å². The molecule has 1 amide bonds. The Balaban J connectivity index is 1.66. The monoisotopic (exact) mass is 286 g/mol. The maximum atomic E-state index is 12.3. The summed E-state index contributed by atoms with van der Waals surface area (Å²) in [6.07, 6.45) is 5.75. The number of ketones is 1. The first kappa shape index (κ1) is 14.3. The Kier molecular flexibility index (Phi) is 4.06. The molecule has 0 bridgehead atoms. The number of amides is 1. The summed E-state index contributed by atoms with van der Waals surface area (Å²) in [6, 6.07) is 6.22. The largest absolute Gasteiger partial charge is 0.312 e. The summed E-state index contributed by atoms with van der Waals surface area (Å²) in [5.74, 6) is 0.210. The van der Waals surface area contributed by atoms with E-state index in [1.807, 2.05) is 18.2 Å². The van der Waals surface area contributed by atoms with Crippen LogP contribution in [0.25, 0.3) is 0 Å². The molecule has 1 saturated carbocycles. The Morgan fingerprint density at radius 2 is 2.05 bits per heavy atom. The van der Waals surface area contributed by atoms with Gasteiger partial charge in [0.05, 0.1) is 6.54 Å². The van der Waals surface area contributed by atoms with Crippen LogP contribution in [-0.4, -0.2) is 30.8 Å². The number of fused-ring (bicyclic) bond motifs is 1. The van der Waals surface area contributed by atoms with Crippen molar-refractivity contribution in [2.75, 3.05) is 18.0 Å². The molecule has 112 valence electrons. The van der Waals surface area contributed by atoms with Gasteiger partial charge in [-0.2, -0.15) is 0 Å². The highest BCUT2D eigenvalue weighted by atomic mass is 16.2. The molecule has 0 atom stereocenters. The van der Waals surface area contributed by atoms with Gasteiger partial charge in [0.2, 0.25) is 5.91 Å². The van der Waals surface area contributed by atoms with E-state index >= 15 is 0 Å². The number of nitrogens with zero attached hydrogens (tertiary/aromatic N) is 1. The number of carbonyl (C=O) groups is 2. The summed E-state index contributed by atoms with van der Waals surface area (Å²) in [7, 11) is 0. The van der Waals surface area contributed by atoms with Gasteiger partial charge in [0, 0.05) is 30.8 Å². The first-order chi connectivity index (χ1) is 10.1. The molecule has 0 aromatic heterocycles. The molecule has 0 saturated heterocycles. The van der Waals surface area contributed by atoms with E-state index in [9.17, 15) is 9.59 Å². The molecule has 0 unspecified atom stereocenters. The van der Waals surface area contributed by atoms with Crippen molar-refractivity contribution in [3.8, 4) is 0 Å². The first-order valence-electron chi connectivity index (χ1n) is 7.83. The van der Waals surface area contributed by atoms with Crippen molar-refractivity contribution < 1.29 is 9.59 Å². The van der Waals surface area contributed by atoms with E-state index in [0.29, 0.717) is 12.6 Å². The molecule has 1 aliphatic heterocycles. The number of anilines is 1. The Hall–Kier alpha value is -1.68. The second kappa shape index (κ2) is 5.98. The summed E-state index contributed by atoms with van der Waals surface area (Å²) in [5, 5.41) is 3.36. The maximum Gasteiger partial charge on any atom is 0.223 e. The predicted molar refractivity (Wildman–Crippen MR) is 82.8 cm³/mol. The van der Waals surface area contributed by atoms with Gasteiger partial charge in [0.1, 0.15) is 0 Å². The normalized spacial score (nSPS) is 18.0. The molecule has 1 aromatic carbocycles. The zero-order chi connectivity index (χ0) is 14.8. The third-order valence-electron chi connectivity index (χ3n) is 4.58. The number of hydrogen-bond donors (Lipinski definition) is 1. The minimum absolute atomic E-state index is 0.0655. The van der Waals surface area contributed by atoms with Crippen LogP contribution in [-0.2, 0) is 11.2 Å². The lowest BCUT2D eigenvalue weighted by Crippen LogP contribution is -2.31. The Morgan fingerprint density at radius 3 is 2.76 bits per heavy atom. The van der Waals surface area contributed by atoms with Crippen molar-refractivity contribution in [3.05, 3.63) is 29.3 Å². The van der Waals surface area contributed by atoms with Crippen molar-refractivity contribution in [2.45, 2.75) is 45.1 Å². The lowest BCUT2D eigenvalue weighted by Gasteiger charge is -2.15. The molecular formula is C17H22N2O2. The lowest BCUT2D eigenvalue weighted by atomic mass is 10.0. The summed E-state index contributed by atoms with van der Waals surface area (Å²) in [6.45, 7) is 2.72. The number of carbonyl (C=O) groups excluding carboxylic acids is 2. The second-order valence-corrected chi connectivity index (χ2v) is 6.05. The van der Waals surface area contributed by atoms with E-state index in [4.69, 9.17) is 0 Å². The molecule has 1 N–H and O–H groups in total. The molecule has 1 aromatic rings. The highest BCUT2D eigenvalue weighted by Crippen LogP contribution is 2.29. The number of rotatable bonds is 4. The van der Waals surface area contributed by atoms with Crippen molar-refractivity contribution in [1.29, 1.82) is 0 Å². The van der Waals surface area contributed by atoms with Crippen LogP contribution in [0.4, 0.5) is 5.69 Å². The van der Waals surface area contributed by atoms with Crippen molar-refractivity contribution in [3.63, 3.8) is 0 Å². The number of nitrogens with one attached hydrogen (secondary N) is 1. The van der Waals surface area contributed by atoms with Gasteiger partial charge in [0.25, 0.3) is 0 Å². The molecule has 4 nitrogen and oxygen atoms in total. The Bertz CT molecular complexity index is 562. The SMILES string of the molecule is CC(=O)N1CCc2cc(C(=O)CNC3CCCC3)ccc21. The smallest absolute Gasteiger partial charge is 0.223 e. The average Bonchev–Trinajstić information content (AvgIpc) is 3.13. The standard InChI is InChI=1S/C17H22N2O2/c1-12(20)19-9-8-13-10-14(6-7-16(13)19)17(21)11-18-15-4-2-3-5-15/h6-7,10,15,18H,2-5,8-9,11H2,1H3. The fourth-order valence-electron chi connectivity index (χ4n) is 3.37. The molecule has 1 aliphatic carbocycles. The van der Waals surface area contributed by atoms with E-state index in [2.05, 4.69) is 5.32 Å². The quantitative estimate of drug-likeness (QED) is 0.864. The van der Waals surface area contributed by atoms with E-state index in [1.54, 1.807) is 11.8 Å². The van der Waals surface area contributed by atoms with Crippen LogP contribution in [0.5, 0.6) is 0 Å². The van der Waals surface area contributed by atoms with Gasteiger partial charge < -0.3 is 10.2 Å². The fraction of sp³-hybridized carbons (Fsp3) is 0.529. The van der Waals surface area contributed by atoms with Crippen molar-refractivity contribution >= 4 is 17.4 Å². The van der Waals surface area contributed by atoms with Crippen LogP contribution >= 0.6 is 0 Å².